The van der Waals surface area contributed by atoms with Crippen LogP contribution in [0.5, 0.6) is 0 Å². The molecule has 0 amide bonds. The first kappa shape index (κ1) is 21.2. The summed E-state index contributed by atoms with van der Waals surface area (Å²) in [5.41, 5.74) is 0.238. The van der Waals surface area contributed by atoms with Crippen molar-refractivity contribution >= 4 is 5.69 Å². The number of rotatable bonds is 5. The highest BCUT2D eigenvalue weighted by molar-refractivity contribution is 5.57. The van der Waals surface area contributed by atoms with Crippen LogP contribution in [-0.4, -0.2) is 44.7 Å². The number of benzene rings is 1. The average Bonchev–Trinajstić information content (AvgIpc) is 3.34. The lowest BCUT2D eigenvalue weighted by molar-refractivity contribution is -0.137. The lowest BCUT2D eigenvalue weighted by Gasteiger charge is -2.33. The molecule has 1 saturated heterocycles. The first-order valence-electron chi connectivity index (χ1n) is 10.1. The monoisotopic (exact) mass is 435 g/mol. The van der Waals surface area contributed by atoms with E-state index < -0.39 is 17.4 Å². The van der Waals surface area contributed by atoms with Crippen LogP contribution in [0.2, 0.25) is 0 Å². The van der Waals surface area contributed by atoms with E-state index >= 15 is 0 Å². The van der Waals surface area contributed by atoms with E-state index in [0.29, 0.717) is 38.5 Å². The number of aromatic nitrogens is 4. The maximum absolute atomic E-state index is 13.6. The Balaban J connectivity index is 1.70. The van der Waals surface area contributed by atoms with Gasteiger partial charge in [-0.05, 0) is 32.0 Å². The normalized spacial score (nSPS) is 17.3. The molecule has 0 radical (unpaired) electrons. The van der Waals surface area contributed by atoms with Crippen molar-refractivity contribution in [3.63, 3.8) is 0 Å². The Morgan fingerprint density at radius 3 is 2.65 bits per heavy atom. The van der Waals surface area contributed by atoms with Gasteiger partial charge in [0.15, 0.2) is 0 Å². The largest absolute Gasteiger partial charge is 0.416 e. The van der Waals surface area contributed by atoms with E-state index in [1.54, 1.807) is 23.1 Å². The molecular weight excluding hydrogens is 411 g/mol. The van der Waals surface area contributed by atoms with Crippen molar-refractivity contribution in [2.24, 2.45) is 0 Å². The molecule has 10 heteroatoms. The van der Waals surface area contributed by atoms with E-state index in [1.165, 1.54) is 15.3 Å². The second kappa shape index (κ2) is 8.26. The number of nitrogens with zero attached hydrogens (tertiary/aromatic N) is 5. The predicted molar refractivity (Wildman–Crippen MR) is 110 cm³/mol. The summed E-state index contributed by atoms with van der Waals surface area (Å²) in [7, 11) is 0. The third-order valence-corrected chi connectivity index (χ3v) is 5.33. The van der Waals surface area contributed by atoms with Gasteiger partial charge >= 0.3 is 11.9 Å². The number of anilines is 1. The number of aryl methyl sites for hydroxylation is 1. The van der Waals surface area contributed by atoms with Gasteiger partial charge in [-0.1, -0.05) is 0 Å². The average molecular weight is 435 g/mol. The van der Waals surface area contributed by atoms with Crippen LogP contribution >= 0.6 is 0 Å². The number of ether oxygens (including phenoxy) is 1. The molecule has 0 unspecified atom stereocenters. The second-order valence-corrected chi connectivity index (χ2v) is 7.65. The molecule has 3 heterocycles. The Hall–Kier alpha value is -3.01. The van der Waals surface area contributed by atoms with Crippen LogP contribution in [0.4, 0.5) is 18.9 Å². The summed E-state index contributed by atoms with van der Waals surface area (Å²) >= 11 is 0. The van der Waals surface area contributed by atoms with Gasteiger partial charge < -0.3 is 9.64 Å². The number of alkyl halides is 3. The molecule has 1 atom stereocenters. The molecule has 0 bridgehead atoms. The Kier molecular flexibility index (Phi) is 5.65. The van der Waals surface area contributed by atoms with Crippen molar-refractivity contribution in [1.29, 1.82) is 0 Å². The highest BCUT2D eigenvalue weighted by atomic mass is 19.4. The number of imidazole rings is 1. The van der Waals surface area contributed by atoms with Crippen LogP contribution in [0.1, 0.15) is 25.0 Å². The molecule has 0 saturated carbocycles. The fourth-order valence-corrected chi connectivity index (χ4v) is 3.72. The van der Waals surface area contributed by atoms with Crippen LogP contribution in [-0.2, 0) is 24.0 Å². The molecule has 1 aliphatic rings. The van der Waals surface area contributed by atoms with Gasteiger partial charge in [0, 0.05) is 49.5 Å². The first-order valence-corrected chi connectivity index (χ1v) is 10.1. The predicted octanol–water partition coefficient (Wildman–Crippen LogP) is 3.15. The maximum Gasteiger partial charge on any atom is 0.416 e. The van der Waals surface area contributed by atoms with E-state index in [0.717, 1.165) is 17.7 Å². The molecule has 4 rings (SSSR count). The summed E-state index contributed by atoms with van der Waals surface area (Å²) in [6.07, 6.45) is 1.97. The van der Waals surface area contributed by atoms with Crippen molar-refractivity contribution in [2.75, 3.05) is 24.6 Å². The van der Waals surface area contributed by atoms with Crippen LogP contribution in [0, 0.1) is 0 Å². The number of halogens is 3. The maximum atomic E-state index is 13.6. The fraction of sp³-hybridized carbons (Fsp3) is 0.429. The Morgan fingerprint density at radius 1 is 1.19 bits per heavy atom. The second-order valence-electron chi connectivity index (χ2n) is 7.65. The molecular formula is C21H24F3N5O2. The Bertz CT molecular complexity index is 1110. The van der Waals surface area contributed by atoms with Gasteiger partial charge in [-0.15, -0.1) is 0 Å². The lowest BCUT2D eigenvalue weighted by Crippen LogP contribution is -2.41. The Labute approximate surface area is 177 Å². The fourth-order valence-electron chi connectivity index (χ4n) is 3.72. The van der Waals surface area contributed by atoms with Crippen molar-refractivity contribution in [2.45, 2.75) is 39.2 Å². The topological polar surface area (TPSA) is 57.2 Å². The van der Waals surface area contributed by atoms with Gasteiger partial charge in [0.1, 0.15) is 0 Å². The molecule has 0 N–H and O–H groups in total. The zero-order chi connectivity index (χ0) is 22.2. The van der Waals surface area contributed by atoms with Crippen LogP contribution < -0.4 is 10.6 Å². The number of hydrogen-bond acceptors (Lipinski definition) is 4. The lowest BCUT2D eigenvalue weighted by atomic mass is 10.1. The minimum Gasteiger partial charge on any atom is -0.375 e. The third-order valence-electron chi connectivity index (χ3n) is 5.33. The van der Waals surface area contributed by atoms with Crippen molar-refractivity contribution in [1.82, 2.24) is 18.9 Å². The summed E-state index contributed by atoms with van der Waals surface area (Å²) in [4.78, 5) is 14.8. The van der Waals surface area contributed by atoms with E-state index in [2.05, 4.69) is 5.10 Å². The molecule has 31 heavy (non-hydrogen) atoms. The molecule has 2 aromatic heterocycles. The highest BCUT2D eigenvalue weighted by Crippen LogP contribution is 2.34. The van der Waals surface area contributed by atoms with E-state index in [4.69, 9.17) is 4.74 Å². The molecule has 0 aliphatic carbocycles. The van der Waals surface area contributed by atoms with Crippen LogP contribution in [0.3, 0.4) is 0 Å². The first-order chi connectivity index (χ1) is 14.7. The van der Waals surface area contributed by atoms with Crippen LogP contribution in [0.15, 0.2) is 47.8 Å². The summed E-state index contributed by atoms with van der Waals surface area (Å²) in [6.45, 7) is 6.25. The molecule has 1 aliphatic heterocycles. The van der Waals surface area contributed by atoms with Gasteiger partial charge in [-0.25, -0.2) is 4.79 Å². The van der Waals surface area contributed by atoms with Gasteiger partial charge in [0.05, 0.1) is 36.7 Å². The highest BCUT2D eigenvalue weighted by Gasteiger charge is 2.32. The smallest absolute Gasteiger partial charge is 0.375 e. The van der Waals surface area contributed by atoms with Crippen LogP contribution in [0.25, 0.3) is 5.69 Å². The minimum atomic E-state index is -4.52. The van der Waals surface area contributed by atoms with E-state index in [1.807, 2.05) is 24.9 Å². The van der Waals surface area contributed by atoms with Gasteiger partial charge in [0.2, 0.25) is 0 Å². The van der Waals surface area contributed by atoms with Gasteiger partial charge in [-0.3, -0.25) is 13.8 Å². The molecule has 0 spiro atoms. The quantitative estimate of drug-likeness (QED) is 0.618. The summed E-state index contributed by atoms with van der Waals surface area (Å²) in [5.74, 6) is 0. The standard InChI is InChI=1S/C21H24F3N5O2/c1-3-28-14-16(11-25-28)13-27-4-5-29(20(27)30)19-9-17(21(22,23)24)8-18(10-19)26-6-7-31-15(2)12-26/h4-5,8-11,14-15H,3,6-7,12-13H2,1-2H3/t15-/m1/s1. The summed E-state index contributed by atoms with van der Waals surface area (Å²) < 4.78 is 50.7. The van der Waals surface area contributed by atoms with Gasteiger partial charge in [-0.2, -0.15) is 18.3 Å². The van der Waals surface area contributed by atoms with Crippen molar-refractivity contribution in [3.8, 4) is 5.69 Å². The summed E-state index contributed by atoms with van der Waals surface area (Å²) in [5, 5.41) is 4.19. The van der Waals surface area contributed by atoms with E-state index in [-0.39, 0.29) is 11.8 Å². The van der Waals surface area contributed by atoms with Crippen molar-refractivity contribution in [3.05, 3.63) is 64.6 Å². The van der Waals surface area contributed by atoms with Crippen molar-refractivity contribution < 1.29 is 17.9 Å². The molecule has 1 fully saturated rings. The SMILES string of the molecule is CCn1cc(Cn2ccn(-c3cc(N4CCO[C@H](C)C4)cc(C(F)(F)F)c3)c2=O)cn1. The summed E-state index contributed by atoms with van der Waals surface area (Å²) in [6, 6.07) is 3.76. The zero-order valence-corrected chi connectivity index (χ0v) is 17.3. The Morgan fingerprint density at radius 2 is 1.97 bits per heavy atom. The zero-order valence-electron chi connectivity index (χ0n) is 17.3. The van der Waals surface area contributed by atoms with Gasteiger partial charge in [0.25, 0.3) is 0 Å². The molecule has 7 nitrogen and oxygen atoms in total. The number of morpholine rings is 1. The third kappa shape index (κ3) is 4.53. The minimum absolute atomic E-state index is 0.0837. The molecule has 3 aromatic rings. The van der Waals surface area contributed by atoms with E-state index in [9.17, 15) is 18.0 Å². The molecule has 166 valence electrons. The number of hydrogen-bond donors (Lipinski definition) is 0. The molecule has 1 aromatic carbocycles.